The smallest absolute Gasteiger partial charge is 0.181 e. The van der Waals surface area contributed by atoms with E-state index in [9.17, 15) is 0 Å². The number of hydrogen-bond donors (Lipinski definition) is 0. The van der Waals surface area contributed by atoms with Gasteiger partial charge in [-0.3, -0.25) is 0 Å². The first-order valence-electron chi connectivity index (χ1n) is 5.67. The zero-order chi connectivity index (χ0) is 12.4. The molecule has 0 aliphatic carbocycles. The highest BCUT2D eigenvalue weighted by Gasteiger charge is 2.07. The van der Waals surface area contributed by atoms with Gasteiger partial charge in [-0.05, 0) is 6.92 Å². The second kappa shape index (κ2) is 4.44. The fourth-order valence-corrected chi connectivity index (χ4v) is 1.73. The van der Waals surface area contributed by atoms with Crippen molar-refractivity contribution < 1.29 is 4.52 Å². The number of hydrogen-bond acceptors (Lipinski definition) is 4. The van der Waals surface area contributed by atoms with Crippen molar-refractivity contribution in [1.29, 1.82) is 0 Å². The molecule has 0 N–H and O–H groups in total. The van der Waals surface area contributed by atoms with E-state index in [2.05, 4.69) is 15.2 Å². The normalized spacial score (nSPS) is 10.7. The molecule has 0 aliphatic rings. The van der Waals surface area contributed by atoms with Gasteiger partial charge in [-0.2, -0.15) is 5.10 Å². The minimum Gasteiger partial charge on any atom is -0.364 e. The van der Waals surface area contributed by atoms with Crippen molar-refractivity contribution in [2.24, 2.45) is 0 Å². The molecule has 5 nitrogen and oxygen atoms in total. The number of aromatic nitrogens is 4. The summed E-state index contributed by atoms with van der Waals surface area (Å²) in [4.78, 5) is 4.30. The van der Waals surface area contributed by atoms with Crippen molar-refractivity contribution in [2.45, 2.75) is 13.5 Å². The Balaban J connectivity index is 1.84. The molecule has 0 saturated heterocycles. The highest BCUT2D eigenvalue weighted by Crippen LogP contribution is 2.14. The molecule has 2 heterocycles. The molecule has 0 amide bonds. The first kappa shape index (κ1) is 10.7. The van der Waals surface area contributed by atoms with E-state index >= 15 is 0 Å². The lowest BCUT2D eigenvalue weighted by Crippen LogP contribution is -2.00. The Bertz CT molecular complexity index is 642. The summed E-state index contributed by atoms with van der Waals surface area (Å²) in [6.07, 6.45) is 3.36. The Morgan fingerprint density at radius 3 is 2.78 bits per heavy atom. The van der Waals surface area contributed by atoms with Gasteiger partial charge in [0.1, 0.15) is 12.6 Å². The lowest BCUT2D eigenvalue weighted by atomic mass is 10.2. The molecular formula is C13H12N4O. The average molecular weight is 240 g/mol. The highest BCUT2D eigenvalue weighted by molar-refractivity contribution is 5.53. The van der Waals surface area contributed by atoms with Crippen LogP contribution in [0.15, 0.2) is 47.4 Å². The lowest BCUT2D eigenvalue weighted by molar-refractivity contribution is 0.414. The molecule has 3 rings (SSSR count). The van der Waals surface area contributed by atoms with Gasteiger partial charge < -0.3 is 4.52 Å². The van der Waals surface area contributed by atoms with Crippen LogP contribution in [0.25, 0.3) is 11.4 Å². The van der Waals surface area contributed by atoms with Crippen LogP contribution in [0.5, 0.6) is 0 Å². The van der Waals surface area contributed by atoms with E-state index in [-0.39, 0.29) is 0 Å². The van der Waals surface area contributed by atoms with Gasteiger partial charge in [0.25, 0.3) is 0 Å². The van der Waals surface area contributed by atoms with Gasteiger partial charge in [0, 0.05) is 11.1 Å². The predicted octanol–water partition coefficient (Wildman–Crippen LogP) is 2.29. The van der Waals surface area contributed by atoms with Gasteiger partial charge in [-0.1, -0.05) is 35.5 Å². The molecule has 2 aromatic heterocycles. The Labute approximate surface area is 104 Å². The monoisotopic (exact) mass is 240 g/mol. The predicted molar refractivity (Wildman–Crippen MR) is 65.8 cm³/mol. The van der Waals surface area contributed by atoms with Gasteiger partial charge in [-0.25, -0.2) is 9.67 Å². The number of nitrogens with zero attached hydrogens (tertiary/aromatic N) is 4. The summed E-state index contributed by atoms with van der Waals surface area (Å²) in [5.74, 6) is 0.727. The molecule has 0 saturated carbocycles. The van der Waals surface area contributed by atoms with Gasteiger partial charge in [0.2, 0.25) is 0 Å². The summed E-state index contributed by atoms with van der Waals surface area (Å²) in [6, 6.07) is 9.90. The van der Waals surface area contributed by atoms with Crippen LogP contribution >= 0.6 is 0 Å². The summed E-state index contributed by atoms with van der Waals surface area (Å²) in [6.45, 7) is 2.53. The van der Waals surface area contributed by atoms with Crippen LogP contribution in [0.3, 0.4) is 0 Å². The molecule has 18 heavy (non-hydrogen) atoms. The Kier molecular flexibility index (Phi) is 2.64. The summed E-state index contributed by atoms with van der Waals surface area (Å²) < 4.78 is 6.68. The quantitative estimate of drug-likeness (QED) is 0.704. The molecule has 3 aromatic rings. The molecule has 0 spiro atoms. The number of benzene rings is 1. The molecule has 0 atom stereocenters. The van der Waals surface area contributed by atoms with Crippen LogP contribution in [-0.2, 0) is 6.54 Å². The maximum absolute atomic E-state index is 4.90. The third-order valence-electron chi connectivity index (χ3n) is 2.75. The van der Waals surface area contributed by atoms with E-state index in [1.807, 2.05) is 37.3 Å². The second-order valence-electron chi connectivity index (χ2n) is 4.06. The summed E-state index contributed by atoms with van der Waals surface area (Å²) >= 11 is 0. The molecule has 0 radical (unpaired) electrons. The van der Waals surface area contributed by atoms with Crippen molar-refractivity contribution in [3.8, 4) is 11.4 Å². The number of aryl methyl sites for hydroxylation is 1. The van der Waals surface area contributed by atoms with Crippen molar-refractivity contribution in [1.82, 2.24) is 19.9 Å². The highest BCUT2D eigenvalue weighted by atomic mass is 16.5. The lowest BCUT2D eigenvalue weighted by Gasteiger charge is -1.97. The third-order valence-corrected chi connectivity index (χ3v) is 2.75. The Hall–Kier alpha value is -2.43. The first-order chi connectivity index (χ1) is 8.83. The van der Waals surface area contributed by atoms with E-state index in [0.717, 1.165) is 22.6 Å². The SMILES string of the molecule is Cc1nocc1Cn1cnc(-c2ccccc2)n1. The van der Waals surface area contributed by atoms with Crippen molar-refractivity contribution >= 4 is 0 Å². The molecule has 0 bridgehead atoms. The minimum atomic E-state index is 0.620. The molecule has 0 unspecified atom stereocenters. The van der Waals surface area contributed by atoms with E-state index in [1.54, 1.807) is 17.3 Å². The van der Waals surface area contributed by atoms with Gasteiger partial charge in [-0.15, -0.1) is 0 Å². The van der Waals surface area contributed by atoms with E-state index in [1.165, 1.54) is 0 Å². The second-order valence-corrected chi connectivity index (χ2v) is 4.06. The van der Waals surface area contributed by atoms with Gasteiger partial charge in [0.15, 0.2) is 5.82 Å². The maximum Gasteiger partial charge on any atom is 0.181 e. The van der Waals surface area contributed by atoms with Crippen LogP contribution in [0, 0.1) is 6.92 Å². The minimum absolute atomic E-state index is 0.620. The largest absolute Gasteiger partial charge is 0.364 e. The summed E-state index contributed by atoms with van der Waals surface area (Å²) in [7, 11) is 0. The van der Waals surface area contributed by atoms with E-state index in [0.29, 0.717) is 6.54 Å². The fourth-order valence-electron chi connectivity index (χ4n) is 1.73. The van der Waals surface area contributed by atoms with E-state index < -0.39 is 0 Å². The molecule has 90 valence electrons. The van der Waals surface area contributed by atoms with Crippen LogP contribution in [0.2, 0.25) is 0 Å². The van der Waals surface area contributed by atoms with Crippen LogP contribution < -0.4 is 0 Å². The zero-order valence-corrected chi connectivity index (χ0v) is 9.95. The van der Waals surface area contributed by atoms with E-state index in [4.69, 9.17) is 4.52 Å². The van der Waals surface area contributed by atoms with Crippen molar-refractivity contribution in [2.75, 3.05) is 0 Å². The van der Waals surface area contributed by atoms with Gasteiger partial charge >= 0.3 is 0 Å². The van der Waals surface area contributed by atoms with Gasteiger partial charge in [0.05, 0.1) is 12.2 Å². The summed E-state index contributed by atoms with van der Waals surface area (Å²) in [5, 5.41) is 8.27. The van der Waals surface area contributed by atoms with Crippen molar-refractivity contribution in [3.05, 3.63) is 54.2 Å². The van der Waals surface area contributed by atoms with Crippen LogP contribution in [0.1, 0.15) is 11.3 Å². The third kappa shape index (κ3) is 2.02. The fraction of sp³-hybridized carbons (Fsp3) is 0.154. The molecule has 5 heteroatoms. The summed E-state index contributed by atoms with van der Waals surface area (Å²) in [5.41, 5.74) is 2.91. The van der Waals surface area contributed by atoms with Crippen LogP contribution in [-0.4, -0.2) is 19.9 Å². The topological polar surface area (TPSA) is 56.7 Å². The molecule has 0 aliphatic heterocycles. The number of rotatable bonds is 3. The first-order valence-corrected chi connectivity index (χ1v) is 5.67. The molecular weight excluding hydrogens is 228 g/mol. The standard InChI is InChI=1S/C13H12N4O/c1-10-12(8-18-16-10)7-17-9-14-13(15-17)11-5-3-2-4-6-11/h2-6,8-9H,7H2,1H3. The molecule has 0 fully saturated rings. The average Bonchev–Trinajstić information content (AvgIpc) is 3.02. The maximum atomic E-state index is 4.90. The zero-order valence-electron chi connectivity index (χ0n) is 9.95. The van der Waals surface area contributed by atoms with Crippen molar-refractivity contribution in [3.63, 3.8) is 0 Å². The Morgan fingerprint density at radius 1 is 1.22 bits per heavy atom. The molecule has 1 aromatic carbocycles. The Morgan fingerprint density at radius 2 is 2.06 bits per heavy atom. The van der Waals surface area contributed by atoms with Crippen LogP contribution in [0.4, 0.5) is 0 Å².